The molecule has 7 nitrogen and oxygen atoms in total. The Morgan fingerprint density at radius 1 is 1.21 bits per heavy atom. The second kappa shape index (κ2) is 7.24. The van der Waals surface area contributed by atoms with Gasteiger partial charge in [-0.15, -0.1) is 0 Å². The second-order valence-electron chi connectivity index (χ2n) is 7.56. The molecule has 2 N–H and O–H groups in total. The lowest BCUT2D eigenvalue weighted by Crippen LogP contribution is -2.71. The molecule has 1 saturated heterocycles. The second-order valence-corrected chi connectivity index (χ2v) is 7.56. The van der Waals surface area contributed by atoms with Crippen LogP contribution in [0.25, 0.3) is 0 Å². The quantitative estimate of drug-likeness (QED) is 0.853. The largest absolute Gasteiger partial charge is 0.394 e. The Morgan fingerprint density at radius 2 is 1.93 bits per heavy atom. The van der Waals surface area contributed by atoms with E-state index in [0.717, 1.165) is 11.3 Å². The van der Waals surface area contributed by atoms with Crippen molar-refractivity contribution in [3.8, 4) is 0 Å². The molecule has 0 saturated carbocycles. The fourth-order valence-corrected chi connectivity index (χ4v) is 4.33. The van der Waals surface area contributed by atoms with E-state index < -0.39 is 0 Å². The number of hydrogen-bond acceptors (Lipinski definition) is 4. The van der Waals surface area contributed by atoms with E-state index in [-0.39, 0.29) is 42.6 Å². The highest BCUT2D eigenvalue weighted by molar-refractivity contribution is 5.97. The van der Waals surface area contributed by atoms with Gasteiger partial charge in [0.25, 0.3) is 5.91 Å². The highest BCUT2D eigenvalue weighted by Crippen LogP contribution is 2.48. The summed E-state index contributed by atoms with van der Waals surface area (Å²) in [5.74, 6) is -0.138. The van der Waals surface area contributed by atoms with Crippen molar-refractivity contribution >= 4 is 17.6 Å². The van der Waals surface area contributed by atoms with Crippen molar-refractivity contribution in [3.05, 3.63) is 59.9 Å². The molecule has 0 aliphatic carbocycles. The number of fused-ring (bicyclic) bond motifs is 3. The summed E-state index contributed by atoms with van der Waals surface area (Å²) in [6.45, 7) is 4.11. The normalized spacial score (nSPS) is 22.9. The van der Waals surface area contributed by atoms with E-state index in [1.54, 1.807) is 34.3 Å². The van der Waals surface area contributed by atoms with Gasteiger partial charge in [0, 0.05) is 42.1 Å². The molecule has 3 atom stereocenters. The van der Waals surface area contributed by atoms with Crippen LogP contribution in [0.2, 0.25) is 0 Å². The van der Waals surface area contributed by atoms with Gasteiger partial charge < -0.3 is 15.3 Å². The molecular weight excluding hydrogens is 356 g/mol. The van der Waals surface area contributed by atoms with Crippen LogP contribution >= 0.6 is 0 Å². The Labute approximate surface area is 164 Å². The summed E-state index contributed by atoms with van der Waals surface area (Å²) in [5.41, 5.74) is 2.37. The third kappa shape index (κ3) is 2.92. The van der Waals surface area contributed by atoms with Crippen LogP contribution in [0.5, 0.6) is 0 Å². The number of likely N-dealkylation sites (tertiary alicyclic amines) is 1. The van der Waals surface area contributed by atoms with Crippen LogP contribution in [0.4, 0.5) is 10.5 Å². The SMILES string of the molecule is CC(C)NC(=O)N1C[C@H]2[C@@H](c3ccccc31)[C@@H](CO)N2C(=O)c1ccncc1. The predicted molar refractivity (Wildman–Crippen MR) is 105 cm³/mol. The molecule has 146 valence electrons. The maximum absolute atomic E-state index is 13.1. The monoisotopic (exact) mass is 380 g/mol. The van der Waals surface area contributed by atoms with Crippen molar-refractivity contribution in [1.29, 1.82) is 0 Å². The summed E-state index contributed by atoms with van der Waals surface area (Å²) in [7, 11) is 0. The van der Waals surface area contributed by atoms with Crippen LogP contribution in [-0.4, -0.2) is 58.2 Å². The van der Waals surface area contributed by atoms with Crippen molar-refractivity contribution in [2.24, 2.45) is 0 Å². The van der Waals surface area contributed by atoms with Crippen molar-refractivity contribution < 1.29 is 14.7 Å². The first-order valence-corrected chi connectivity index (χ1v) is 9.53. The van der Waals surface area contributed by atoms with Gasteiger partial charge in [-0.05, 0) is 37.6 Å². The first-order chi connectivity index (χ1) is 13.5. The molecule has 4 rings (SSSR count). The number of para-hydroxylation sites is 1. The number of nitrogens with zero attached hydrogens (tertiary/aromatic N) is 3. The van der Waals surface area contributed by atoms with Crippen LogP contribution in [0.3, 0.4) is 0 Å². The standard InChI is InChI=1S/C21H24N4O3/c1-13(2)23-21(28)24-11-17-19(15-5-3-4-6-16(15)24)18(12-26)25(17)20(27)14-7-9-22-10-8-14/h3-10,13,17-19,26H,11-12H2,1-2H3,(H,23,28)/t17-,18+,19+/m0/s1. The number of carbonyl (C=O) groups is 2. The zero-order chi connectivity index (χ0) is 19.8. The average molecular weight is 380 g/mol. The van der Waals surface area contributed by atoms with Crippen molar-refractivity contribution in [3.63, 3.8) is 0 Å². The third-order valence-electron chi connectivity index (χ3n) is 5.51. The molecular formula is C21H24N4O3. The zero-order valence-electron chi connectivity index (χ0n) is 15.9. The summed E-state index contributed by atoms with van der Waals surface area (Å²) in [6, 6.07) is 10.4. The van der Waals surface area contributed by atoms with Gasteiger partial charge in [0.15, 0.2) is 0 Å². The van der Waals surface area contributed by atoms with E-state index in [9.17, 15) is 14.7 Å². The minimum absolute atomic E-state index is 0.00934. The Hall–Kier alpha value is -2.93. The first kappa shape index (κ1) is 18.4. The van der Waals surface area contributed by atoms with Crippen LogP contribution < -0.4 is 10.2 Å². The Bertz CT molecular complexity index is 886. The van der Waals surface area contributed by atoms with Gasteiger partial charge in [-0.25, -0.2) is 4.79 Å². The molecule has 2 aliphatic heterocycles. The molecule has 1 fully saturated rings. The molecule has 1 aromatic carbocycles. The molecule has 3 heterocycles. The Balaban J connectivity index is 1.69. The van der Waals surface area contributed by atoms with Gasteiger partial charge in [-0.3, -0.25) is 14.7 Å². The van der Waals surface area contributed by atoms with Gasteiger partial charge in [-0.2, -0.15) is 0 Å². The highest BCUT2D eigenvalue weighted by Gasteiger charge is 2.55. The summed E-state index contributed by atoms with van der Waals surface area (Å²) in [5, 5.41) is 13.0. The number of aliphatic hydroxyl groups is 1. The van der Waals surface area contributed by atoms with E-state index in [0.29, 0.717) is 12.1 Å². The number of pyridine rings is 1. The van der Waals surface area contributed by atoms with Gasteiger partial charge in [0.05, 0.1) is 18.7 Å². The molecule has 0 spiro atoms. The van der Waals surface area contributed by atoms with Gasteiger partial charge in [-0.1, -0.05) is 18.2 Å². The Morgan fingerprint density at radius 3 is 2.61 bits per heavy atom. The van der Waals surface area contributed by atoms with Gasteiger partial charge >= 0.3 is 6.03 Å². The number of amides is 3. The van der Waals surface area contributed by atoms with Crippen LogP contribution in [0.15, 0.2) is 48.8 Å². The molecule has 2 aromatic rings. The molecule has 0 bridgehead atoms. The number of aliphatic hydroxyl groups excluding tert-OH is 1. The third-order valence-corrected chi connectivity index (χ3v) is 5.51. The molecule has 2 aliphatic rings. The summed E-state index contributed by atoms with van der Waals surface area (Å²) < 4.78 is 0. The highest BCUT2D eigenvalue weighted by atomic mass is 16.3. The molecule has 0 unspecified atom stereocenters. The van der Waals surface area contributed by atoms with Gasteiger partial charge in [0.1, 0.15) is 0 Å². The number of rotatable bonds is 3. The number of urea groups is 1. The maximum atomic E-state index is 13.1. The lowest BCUT2D eigenvalue weighted by molar-refractivity contribution is -0.0242. The van der Waals surface area contributed by atoms with Crippen molar-refractivity contribution in [1.82, 2.24) is 15.2 Å². The zero-order valence-corrected chi connectivity index (χ0v) is 15.9. The fourth-order valence-electron chi connectivity index (χ4n) is 4.33. The lowest BCUT2D eigenvalue weighted by Gasteiger charge is -2.58. The summed E-state index contributed by atoms with van der Waals surface area (Å²) in [6.07, 6.45) is 3.16. The van der Waals surface area contributed by atoms with Crippen LogP contribution in [0, 0.1) is 0 Å². The predicted octanol–water partition coefficient (Wildman–Crippen LogP) is 1.99. The van der Waals surface area contributed by atoms with Gasteiger partial charge in [0.2, 0.25) is 0 Å². The lowest BCUT2D eigenvalue weighted by atomic mass is 9.71. The molecule has 28 heavy (non-hydrogen) atoms. The van der Waals surface area contributed by atoms with Crippen LogP contribution in [-0.2, 0) is 0 Å². The number of anilines is 1. The van der Waals surface area contributed by atoms with E-state index in [1.807, 2.05) is 38.1 Å². The van der Waals surface area contributed by atoms with E-state index in [2.05, 4.69) is 10.3 Å². The van der Waals surface area contributed by atoms with Crippen LogP contribution in [0.1, 0.15) is 35.7 Å². The fraction of sp³-hybridized carbons (Fsp3) is 0.381. The van der Waals surface area contributed by atoms with Crippen molar-refractivity contribution in [2.45, 2.75) is 37.9 Å². The number of nitrogens with one attached hydrogen (secondary N) is 1. The Kier molecular flexibility index (Phi) is 4.77. The van der Waals surface area contributed by atoms with Crippen molar-refractivity contribution in [2.75, 3.05) is 18.1 Å². The minimum Gasteiger partial charge on any atom is -0.394 e. The number of benzene rings is 1. The van der Waals surface area contributed by atoms with E-state index in [1.165, 1.54) is 0 Å². The minimum atomic E-state index is -0.304. The number of hydrogen-bond donors (Lipinski definition) is 2. The average Bonchev–Trinajstić information content (AvgIpc) is 2.68. The topological polar surface area (TPSA) is 85.8 Å². The van der Waals surface area contributed by atoms with E-state index in [4.69, 9.17) is 0 Å². The molecule has 7 heteroatoms. The summed E-state index contributed by atoms with van der Waals surface area (Å²) in [4.78, 5) is 33.3. The molecule has 1 aromatic heterocycles. The maximum Gasteiger partial charge on any atom is 0.322 e. The molecule has 3 amide bonds. The molecule has 0 radical (unpaired) electrons. The number of aromatic nitrogens is 1. The number of carbonyl (C=O) groups excluding carboxylic acids is 2. The smallest absolute Gasteiger partial charge is 0.322 e. The first-order valence-electron chi connectivity index (χ1n) is 9.53. The van der Waals surface area contributed by atoms with E-state index >= 15 is 0 Å². The summed E-state index contributed by atoms with van der Waals surface area (Å²) >= 11 is 0.